The summed E-state index contributed by atoms with van der Waals surface area (Å²) in [7, 11) is 0. The van der Waals surface area contributed by atoms with Crippen molar-refractivity contribution in [1.29, 1.82) is 0 Å². The Labute approximate surface area is 188 Å². The number of fused-ring (bicyclic) bond motifs is 4. The molecule has 10 heteroatoms. The molecule has 2 aliphatic heterocycles. The highest BCUT2D eigenvalue weighted by atomic mass is 16.2. The molecule has 2 N–H and O–H groups in total. The maximum atomic E-state index is 13.4. The van der Waals surface area contributed by atoms with E-state index in [1.165, 1.54) is 0 Å². The van der Waals surface area contributed by atoms with E-state index in [1.807, 2.05) is 35.2 Å². The van der Waals surface area contributed by atoms with Crippen molar-refractivity contribution in [3.63, 3.8) is 0 Å². The first-order chi connectivity index (χ1) is 16.2. The van der Waals surface area contributed by atoms with Gasteiger partial charge in [0.2, 0.25) is 5.95 Å². The number of carbonyl (C=O) groups excluding carboxylic acids is 1. The molecule has 1 aromatic carbocycles. The third-order valence-corrected chi connectivity index (χ3v) is 6.60. The van der Waals surface area contributed by atoms with Crippen LogP contribution in [0, 0.1) is 5.92 Å². The molecule has 0 spiro atoms. The molecule has 4 aromatic rings. The van der Waals surface area contributed by atoms with E-state index in [-0.39, 0.29) is 23.6 Å². The molecule has 0 radical (unpaired) electrons. The maximum Gasteiger partial charge on any atom is 0.276 e. The van der Waals surface area contributed by atoms with E-state index in [0.717, 1.165) is 24.9 Å². The summed E-state index contributed by atoms with van der Waals surface area (Å²) in [5.41, 5.74) is 1.52. The fourth-order valence-electron chi connectivity index (χ4n) is 5.04. The zero-order valence-electron chi connectivity index (χ0n) is 17.8. The number of carbonyl (C=O) groups is 1. The minimum Gasteiger partial charge on any atom is -0.351 e. The third-order valence-electron chi connectivity index (χ3n) is 6.60. The number of amides is 1. The number of nitrogens with zero attached hydrogens (tertiary/aromatic N) is 6. The molecule has 3 unspecified atom stereocenters. The lowest BCUT2D eigenvalue weighted by Gasteiger charge is -2.49. The van der Waals surface area contributed by atoms with Gasteiger partial charge in [-0.25, -0.2) is 9.67 Å². The van der Waals surface area contributed by atoms with E-state index in [2.05, 4.69) is 30.6 Å². The molecule has 166 valence electrons. The number of H-pyrrole nitrogens is 1. The van der Waals surface area contributed by atoms with Crippen LogP contribution in [0.4, 0.5) is 5.95 Å². The number of nitrogens with one attached hydrogen (secondary N) is 2. The van der Waals surface area contributed by atoms with Crippen molar-refractivity contribution in [2.75, 3.05) is 11.9 Å². The first-order valence-electron chi connectivity index (χ1n) is 11.0. The van der Waals surface area contributed by atoms with E-state index < -0.39 is 0 Å². The number of anilines is 1. The Kier molecular flexibility index (Phi) is 4.63. The summed E-state index contributed by atoms with van der Waals surface area (Å²) in [4.78, 5) is 39.2. The largest absolute Gasteiger partial charge is 0.351 e. The molecule has 1 aliphatic carbocycles. The smallest absolute Gasteiger partial charge is 0.276 e. The van der Waals surface area contributed by atoms with Crippen molar-refractivity contribution < 1.29 is 4.79 Å². The minimum absolute atomic E-state index is 0.000805. The molecular weight excluding hydrogens is 420 g/mol. The topological polar surface area (TPSA) is 122 Å². The number of aromatic nitrogens is 6. The van der Waals surface area contributed by atoms with Gasteiger partial charge < -0.3 is 10.2 Å². The van der Waals surface area contributed by atoms with Crippen LogP contribution < -0.4 is 10.9 Å². The lowest BCUT2D eigenvalue weighted by molar-refractivity contribution is 0.0276. The Hall–Kier alpha value is -4.08. The third kappa shape index (κ3) is 3.53. The van der Waals surface area contributed by atoms with Crippen LogP contribution in [0.2, 0.25) is 0 Å². The average Bonchev–Trinajstić information content (AvgIpc) is 3.35. The van der Waals surface area contributed by atoms with Crippen LogP contribution in [-0.2, 0) is 0 Å². The number of pyridine rings is 1. The zero-order chi connectivity index (χ0) is 22.4. The van der Waals surface area contributed by atoms with Crippen LogP contribution in [0.25, 0.3) is 16.6 Å². The lowest BCUT2D eigenvalue weighted by Crippen LogP contribution is -2.60. The Bertz CT molecular complexity index is 1380. The second-order valence-electron chi connectivity index (χ2n) is 8.65. The number of aromatic amines is 1. The second-order valence-corrected chi connectivity index (χ2v) is 8.65. The Morgan fingerprint density at radius 2 is 2.06 bits per heavy atom. The van der Waals surface area contributed by atoms with Crippen LogP contribution in [0.15, 0.2) is 59.8 Å². The Morgan fingerprint density at radius 1 is 1.15 bits per heavy atom. The van der Waals surface area contributed by atoms with Crippen molar-refractivity contribution >= 4 is 22.8 Å². The molecule has 10 nitrogen and oxygen atoms in total. The summed E-state index contributed by atoms with van der Waals surface area (Å²) < 4.78 is 1.56. The molecule has 3 atom stereocenters. The summed E-state index contributed by atoms with van der Waals surface area (Å²) in [5, 5.41) is 12.2. The molecule has 5 heterocycles. The molecule has 2 saturated heterocycles. The van der Waals surface area contributed by atoms with Crippen LogP contribution in [0.5, 0.6) is 0 Å². The van der Waals surface area contributed by atoms with E-state index in [9.17, 15) is 9.59 Å². The Morgan fingerprint density at radius 3 is 2.91 bits per heavy atom. The molecule has 1 saturated carbocycles. The quantitative estimate of drug-likeness (QED) is 0.496. The van der Waals surface area contributed by atoms with Crippen molar-refractivity contribution in [3.05, 3.63) is 71.0 Å². The first kappa shape index (κ1) is 19.6. The van der Waals surface area contributed by atoms with E-state index in [4.69, 9.17) is 0 Å². The normalized spacial score (nSPS) is 21.9. The molecule has 3 fully saturated rings. The van der Waals surface area contributed by atoms with Gasteiger partial charge in [-0.15, -0.1) is 5.10 Å². The highest BCUT2D eigenvalue weighted by molar-refractivity contribution is 5.92. The number of piperidine rings is 2. The average molecular weight is 442 g/mol. The van der Waals surface area contributed by atoms with E-state index >= 15 is 0 Å². The first-order valence-corrected chi connectivity index (χ1v) is 11.0. The van der Waals surface area contributed by atoms with E-state index in [1.54, 1.807) is 29.3 Å². The van der Waals surface area contributed by atoms with Gasteiger partial charge in [0.15, 0.2) is 5.69 Å². The molecule has 1 amide bonds. The molecule has 7 rings (SSSR count). The van der Waals surface area contributed by atoms with Gasteiger partial charge in [0.05, 0.1) is 35.0 Å². The van der Waals surface area contributed by atoms with E-state index in [0.29, 0.717) is 35.0 Å². The van der Waals surface area contributed by atoms with Crippen LogP contribution in [0.3, 0.4) is 0 Å². The van der Waals surface area contributed by atoms with Crippen LogP contribution in [0.1, 0.15) is 29.8 Å². The van der Waals surface area contributed by atoms with Gasteiger partial charge >= 0.3 is 0 Å². The summed E-state index contributed by atoms with van der Waals surface area (Å²) >= 11 is 0. The zero-order valence-corrected chi connectivity index (χ0v) is 17.8. The van der Waals surface area contributed by atoms with Crippen LogP contribution in [-0.4, -0.2) is 59.4 Å². The molecule has 2 bridgehead atoms. The number of para-hydroxylation sites is 1. The number of rotatable bonds is 4. The highest BCUT2D eigenvalue weighted by Crippen LogP contribution is 2.37. The predicted octanol–water partition coefficient (Wildman–Crippen LogP) is 2.00. The van der Waals surface area contributed by atoms with Gasteiger partial charge in [-0.3, -0.25) is 19.6 Å². The Balaban J connectivity index is 1.24. The number of hydrogen-bond donors (Lipinski definition) is 2. The van der Waals surface area contributed by atoms with Gasteiger partial charge in [0.1, 0.15) is 0 Å². The SMILES string of the molecule is O=C(c1cn(-c2cccnc2)nn1)N1CC2CCC1C(Nc1nc3ccccc3c(=O)[nH]1)C2. The van der Waals surface area contributed by atoms with Gasteiger partial charge in [0, 0.05) is 18.8 Å². The second kappa shape index (κ2) is 7.80. The van der Waals surface area contributed by atoms with Gasteiger partial charge in [-0.1, -0.05) is 17.3 Å². The maximum absolute atomic E-state index is 13.4. The fraction of sp³-hybridized carbons (Fsp3) is 0.304. The monoisotopic (exact) mass is 442 g/mol. The standard InChI is InChI=1S/C23H22N8O2/c32-21-16-5-1-2-6-17(16)25-23(27-21)26-18-10-14-7-8-20(18)30(12-14)22(33)19-13-31(29-28-19)15-4-3-9-24-11-15/h1-6,9,11,13-14,18,20H,7-8,10,12H2,(H2,25,26,27,32). The van der Waals surface area contributed by atoms with Gasteiger partial charge in [-0.2, -0.15) is 0 Å². The summed E-state index contributed by atoms with van der Waals surface area (Å²) in [6.45, 7) is 0.698. The van der Waals surface area contributed by atoms with Crippen molar-refractivity contribution in [1.82, 2.24) is 34.8 Å². The molecule has 3 aliphatic rings. The number of benzene rings is 1. The lowest BCUT2D eigenvalue weighted by atomic mass is 9.76. The predicted molar refractivity (Wildman–Crippen MR) is 121 cm³/mol. The fourth-order valence-corrected chi connectivity index (χ4v) is 5.04. The summed E-state index contributed by atoms with van der Waals surface area (Å²) in [6.07, 6.45) is 7.89. The van der Waals surface area contributed by atoms with Crippen molar-refractivity contribution in [2.45, 2.75) is 31.3 Å². The molecule has 3 aromatic heterocycles. The number of hydrogen-bond acceptors (Lipinski definition) is 7. The molecule has 33 heavy (non-hydrogen) atoms. The van der Waals surface area contributed by atoms with Crippen LogP contribution >= 0.6 is 0 Å². The highest BCUT2D eigenvalue weighted by Gasteiger charge is 2.43. The minimum atomic E-state index is -0.177. The van der Waals surface area contributed by atoms with Crippen molar-refractivity contribution in [2.24, 2.45) is 5.92 Å². The van der Waals surface area contributed by atoms with Gasteiger partial charge in [0.25, 0.3) is 11.5 Å². The van der Waals surface area contributed by atoms with Crippen molar-refractivity contribution in [3.8, 4) is 5.69 Å². The summed E-state index contributed by atoms with van der Waals surface area (Å²) in [5.74, 6) is 0.689. The van der Waals surface area contributed by atoms with Gasteiger partial charge in [-0.05, 0) is 49.4 Å². The molecular formula is C23H22N8O2. The summed E-state index contributed by atoms with van der Waals surface area (Å²) in [6, 6.07) is 10.9.